The number of hydrogen-bond acceptors (Lipinski definition) is 5. The summed E-state index contributed by atoms with van der Waals surface area (Å²) >= 11 is 0. The van der Waals surface area contributed by atoms with Gasteiger partial charge in [0.25, 0.3) is 6.01 Å². The maximum Gasteiger partial charge on any atom is 0.335 e. The van der Waals surface area contributed by atoms with Gasteiger partial charge in [-0.2, -0.15) is 0 Å². The number of nitrogens with zero attached hydrogens (tertiary/aromatic N) is 1. The molecule has 0 radical (unpaired) electrons. The highest BCUT2D eigenvalue weighted by Gasteiger charge is 2.10. The van der Waals surface area contributed by atoms with Crippen molar-refractivity contribution in [3.05, 3.63) is 60.0 Å². The first-order valence-electron chi connectivity index (χ1n) is 6.64. The van der Waals surface area contributed by atoms with E-state index in [0.717, 1.165) is 0 Å². The summed E-state index contributed by atoms with van der Waals surface area (Å²) in [6.07, 6.45) is 1.46. The van der Waals surface area contributed by atoms with E-state index in [-0.39, 0.29) is 17.3 Å². The molecule has 0 spiro atoms. The number of nitrogen functional groups attached to an aromatic ring is 1. The van der Waals surface area contributed by atoms with Crippen molar-refractivity contribution in [3.8, 4) is 11.3 Å². The molecule has 0 bridgehead atoms. The van der Waals surface area contributed by atoms with Gasteiger partial charge in [-0.1, -0.05) is 12.1 Å². The molecule has 6 nitrogen and oxygen atoms in total. The van der Waals surface area contributed by atoms with Gasteiger partial charge in [0.1, 0.15) is 5.82 Å². The van der Waals surface area contributed by atoms with Gasteiger partial charge in [-0.15, -0.1) is 0 Å². The van der Waals surface area contributed by atoms with Crippen LogP contribution in [0.15, 0.2) is 53.1 Å². The Kier molecular flexibility index (Phi) is 3.68. The van der Waals surface area contributed by atoms with Crippen molar-refractivity contribution in [1.29, 1.82) is 0 Å². The summed E-state index contributed by atoms with van der Waals surface area (Å²) in [6, 6.07) is 10.7. The summed E-state index contributed by atoms with van der Waals surface area (Å²) in [4.78, 5) is 15.0. The van der Waals surface area contributed by atoms with E-state index in [4.69, 9.17) is 15.3 Å². The third kappa shape index (κ3) is 3.13. The quantitative estimate of drug-likeness (QED) is 0.637. The van der Waals surface area contributed by atoms with Crippen LogP contribution in [0.25, 0.3) is 11.3 Å². The molecule has 0 atom stereocenters. The van der Waals surface area contributed by atoms with E-state index in [1.54, 1.807) is 18.2 Å². The van der Waals surface area contributed by atoms with E-state index in [1.165, 1.54) is 30.5 Å². The van der Waals surface area contributed by atoms with Crippen LogP contribution >= 0.6 is 0 Å². The molecular formula is C16H12FN3O3. The fourth-order valence-electron chi connectivity index (χ4n) is 2.00. The van der Waals surface area contributed by atoms with Crippen LogP contribution in [0.3, 0.4) is 0 Å². The van der Waals surface area contributed by atoms with Crippen molar-refractivity contribution in [2.75, 3.05) is 11.1 Å². The summed E-state index contributed by atoms with van der Waals surface area (Å²) in [5, 5.41) is 11.8. The number of nitrogens with two attached hydrogens (primary N) is 1. The summed E-state index contributed by atoms with van der Waals surface area (Å²) in [6.45, 7) is 0. The van der Waals surface area contributed by atoms with Gasteiger partial charge in [0.15, 0.2) is 5.76 Å². The van der Waals surface area contributed by atoms with E-state index >= 15 is 0 Å². The van der Waals surface area contributed by atoms with E-state index < -0.39 is 11.8 Å². The van der Waals surface area contributed by atoms with Crippen molar-refractivity contribution >= 4 is 23.4 Å². The lowest BCUT2D eigenvalue weighted by Crippen LogP contribution is -1.95. The van der Waals surface area contributed by atoms with Gasteiger partial charge < -0.3 is 20.6 Å². The molecule has 0 aliphatic rings. The molecule has 4 N–H and O–H groups in total. The predicted molar refractivity (Wildman–Crippen MR) is 83.0 cm³/mol. The SMILES string of the molecule is Nc1ccc(Nc2ncc(-c3cccc(C(=O)O)c3)o2)cc1F. The van der Waals surface area contributed by atoms with Crippen molar-refractivity contribution in [2.24, 2.45) is 0 Å². The monoisotopic (exact) mass is 313 g/mol. The summed E-state index contributed by atoms with van der Waals surface area (Å²) in [5.41, 5.74) is 6.62. The molecule has 0 saturated carbocycles. The molecule has 3 aromatic rings. The number of carboxylic acid groups (broad SMARTS) is 1. The molecular weight excluding hydrogens is 301 g/mol. The predicted octanol–water partition coefficient (Wildman–Crippen LogP) is 3.50. The summed E-state index contributed by atoms with van der Waals surface area (Å²) in [7, 11) is 0. The van der Waals surface area contributed by atoms with Gasteiger partial charge in [0, 0.05) is 11.3 Å². The molecule has 0 unspecified atom stereocenters. The Morgan fingerprint density at radius 3 is 2.83 bits per heavy atom. The highest BCUT2D eigenvalue weighted by Crippen LogP contribution is 2.26. The number of benzene rings is 2. The number of aromatic nitrogens is 1. The Hall–Kier alpha value is -3.35. The molecule has 0 aliphatic heterocycles. The molecule has 1 heterocycles. The fraction of sp³-hybridized carbons (Fsp3) is 0. The molecule has 116 valence electrons. The number of halogens is 1. The topological polar surface area (TPSA) is 101 Å². The average molecular weight is 313 g/mol. The van der Waals surface area contributed by atoms with Crippen LogP contribution in [0, 0.1) is 5.82 Å². The zero-order valence-corrected chi connectivity index (χ0v) is 11.8. The van der Waals surface area contributed by atoms with Crippen LogP contribution in [0.2, 0.25) is 0 Å². The van der Waals surface area contributed by atoms with Gasteiger partial charge >= 0.3 is 5.97 Å². The first kappa shape index (κ1) is 14.6. The Labute approximate surface area is 130 Å². The minimum Gasteiger partial charge on any atom is -0.478 e. The Morgan fingerprint density at radius 1 is 1.26 bits per heavy atom. The van der Waals surface area contributed by atoms with Gasteiger partial charge in [-0.3, -0.25) is 0 Å². The second-order valence-corrected chi connectivity index (χ2v) is 4.78. The van der Waals surface area contributed by atoms with Gasteiger partial charge in [0.2, 0.25) is 0 Å². The maximum atomic E-state index is 13.4. The number of anilines is 3. The number of hydrogen-bond donors (Lipinski definition) is 3. The Morgan fingerprint density at radius 2 is 2.09 bits per heavy atom. The number of oxazole rings is 1. The van der Waals surface area contributed by atoms with Crippen LogP contribution in [-0.2, 0) is 0 Å². The zero-order chi connectivity index (χ0) is 16.4. The van der Waals surface area contributed by atoms with E-state index in [2.05, 4.69) is 10.3 Å². The number of nitrogens with one attached hydrogen (secondary N) is 1. The molecule has 3 rings (SSSR count). The van der Waals surface area contributed by atoms with E-state index in [0.29, 0.717) is 17.0 Å². The largest absolute Gasteiger partial charge is 0.478 e. The summed E-state index contributed by atoms with van der Waals surface area (Å²) < 4.78 is 18.9. The molecule has 0 saturated heterocycles. The normalized spacial score (nSPS) is 10.5. The van der Waals surface area contributed by atoms with Crippen molar-refractivity contribution in [3.63, 3.8) is 0 Å². The third-order valence-electron chi connectivity index (χ3n) is 3.15. The zero-order valence-electron chi connectivity index (χ0n) is 11.8. The average Bonchev–Trinajstić information content (AvgIpc) is 2.99. The molecule has 23 heavy (non-hydrogen) atoms. The molecule has 0 fully saturated rings. The fourth-order valence-corrected chi connectivity index (χ4v) is 2.00. The molecule has 0 aliphatic carbocycles. The standard InChI is InChI=1S/C16H12FN3O3/c17-12-7-11(4-5-13(12)18)20-16-19-8-14(23-16)9-2-1-3-10(6-9)15(21)22/h1-8H,18H2,(H,19,20)(H,21,22). The maximum absolute atomic E-state index is 13.4. The van der Waals surface area contributed by atoms with Crippen LogP contribution in [0.4, 0.5) is 21.8 Å². The minimum atomic E-state index is -1.03. The number of aromatic carboxylic acids is 1. The summed E-state index contributed by atoms with van der Waals surface area (Å²) in [5.74, 6) is -1.18. The van der Waals surface area contributed by atoms with Crippen LogP contribution in [0.1, 0.15) is 10.4 Å². The lowest BCUT2D eigenvalue weighted by molar-refractivity contribution is 0.0697. The second kappa shape index (κ2) is 5.80. The lowest BCUT2D eigenvalue weighted by atomic mass is 10.1. The third-order valence-corrected chi connectivity index (χ3v) is 3.15. The minimum absolute atomic E-state index is 0.0501. The lowest BCUT2D eigenvalue weighted by Gasteiger charge is -2.03. The van der Waals surface area contributed by atoms with Crippen LogP contribution in [-0.4, -0.2) is 16.1 Å². The number of carbonyl (C=O) groups is 1. The van der Waals surface area contributed by atoms with Crippen molar-refractivity contribution in [2.45, 2.75) is 0 Å². The first-order chi connectivity index (χ1) is 11.0. The van der Waals surface area contributed by atoms with E-state index in [9.17, 15) is 9.18 Å². The Bertz CT molecular complexity index is 877. The number of rotatable bonds is 4. The van der Waals surface area contributed by atoms with Crippen LogP contribution < -0.4 is 11.1 Å². The molecule has 0 amide bonds. The highest BCUT2D eigenvalue weighted by atomic mass is 19.1. The Balaban J connectivity index is 1.84. The van der Waals surface area contributed by atoms with Crippen molar-refractivity contribution in [1.82, 2.24) is 4.98 Å². The van der Waals surface area contributed by atoms with Crippen LogP contribution in [0.5, 0.6) is 0 Å². The van der Waals surface area contributed by atoms with Gasteiger partial charge in [-0.25, -0.2) is 14.2 Å². The smallest absolute Gasteiger partial charge is 0.335 e. The second-order valence-electron chi connectivity index (χ2n) is 4.78. The molecule has 2 aromatic carbocycles. The first-order valence-corrected chi connectivity index (χ1v) is 6.64. The van der Waals surface area contributed by atoms with Gasteiger partial charge in [-0.05, 0) is 30.3 Å². The highest BCUT2D eigenvalue weighted by molar-refractivity contribution is 5.89. The van der Waals surface area contributed by atoms with Crippen molar-refractivity contribution < 1.29 is 18.7 Å². The molecule has 7 heteroatoms. The van der Waals surface area contributed by atoms with E-state index in [1.807, 2.05) is 0 Å². The number of carboxylic acids is 1. The molecule has 1 aromatic heterocycles. The van der Waals surface area contributed by atoms with Gasteiger partial charge in [0.05, 0.1) is 17.4 Å².